The lowest BCUT2D eigenvalue weighted by atomic mass is 10.2. The molecule has 5 heteroatoms. The average molecular weight is 322 g/mol. The molecule has 2 nitrogen and oxygen atoms in total. The van der Waals surface area contributed by atoms with Gasteiger partial charge in [-0.05, 0) is 24.4 Å². The fourth-order valence-electron chi connectivity index (χ4n) is 2.03. The fourth-order valence-corrected chi connectivity index (χ4v) is 4.19. The molecule has 2 aromatic heterocycles. The van der Waals surface area contributed by atoms with Gasteiger partial charge in [0.1, 0.15) is 4.88 Å². The van der Waals surface area contributed by atoms with Gasteiger partial charge in [0.2, 0.25) is 0 Å². The molecule has 1 aromatic carbocycles. The molecule has 1 N–H and O–H groups in total. The molecule has 3 rings (SSSR count). The summed E-state index contributed by atoms with van der Waals surface area (Å²) in [6, 6.07) is 11.8. The summed E-state index contributed by atoms with van der Waals surface area (Å²) in [5.41, 5.74) is 0. The van der Waals surface area contributed by atoms with Crippen LogP contribution in [0.15, 0.2) is 41.8 Å². The van der Waals surface area contributed by atoms with Crippen molar-refractivity contribution in [3.63, 3.8) is 0 Å². The summed E-state index contributed by atoms with van der Waals surface area (Å²) in [6.45, 7) is 1.98. The molecule has 0 unspecified atom stereocenters. The molecule has 3 aromatic rings. The normalized spacial score (nSPS) is 12.5. The van der Waals surface area contributed by atoms with E-state index < -0.39 is 0 Å². The number of hydrogen-bond donors (Lipinski definition) is 1. The standard InChI is InChI=1S/C15H12ClNOS2/c1-9(11-7-4-8-19-11)17-15(18)14-13(16)10-5-2-3-6-12(10)20-14/h2-9H,1H3,(H,17,18)/t9-/m1/s1. The Labute approximate surface area is 130 Å². The zero-order chi connectivity index (χ0) is 14.1. The summed E-state index contributed by atoms with van der Waals surface area (Å²) in [7, 11) is 0. The minimum Gasteiger partial charge on any atom is -0.344 e. The fraction of sp³-hybridized carbons (Fsp3) is 0.133. The van der Waals surface area contributed by atoms with Crippen molar-refractivity contribution in [1.82, 2.24) is 5.32 Å². The topological polar surface area (TPSA) is 29.1 Å². The molecule has 0 fully saturated rings. The van der Waals surface area contributed by atoms with Crippen molar-refractivity contribution in [2.75, 3.05) is 0 Å². The number of halogens is 1. The first-order valence-electron chi connectivity index (χ1n) is 6.18. The predicted molar refractivity (Wildman–Crippen MR) is 87.0 cm³/mol. The van der Waals surface area contributed by atoms with Crippen LogP contribution < -0.4 is 5.32 Å². The van der Waals surface area contributed by atoms with Crippen molar-refractivity contribution in [2.24, 2.45) is 0 Å². The van der Waals surface area contributed by atoms with Gasteiger partial charge in [0.05, 0.1) is 11.1 Å². The van der Waals surface area contributed by atoms with Crippen LogP contribution in [-0.2, 0) is 0 Å². The van der Waals surface area contributed by atoms with Crippen LogP contribution in [0, 0.1) is 0 Å². The number of benzene rings is 1. The predicted octanol–water partition coefficient (Wildman–Crippen LogP) is 5.11. The SMILES string of the molecule is C[C@@H](NC(=O)c1sc2ccccc2c1Cl)c1cccs1. The van der Waals surface area contributed by atoms with Crippen LogP contribution >= 0.6 is 34.3 Å². The van der Waals surface area contributed by atoms with Crippen LogP contribution in [0.4, 0.5) is 0 Å². The van der Waals surface area contributed by atoms with Gasteiger partial charge in [0.15, 0.2) is 0 Å². The monoisotopic (exact) mass is 321 g/mol. The molecule has 1 amide bonds. The average Bonchev–Trinajstić information content (AvgIpc) is 3.07. The Morgan fingerprint density at radius 1 is 1.25 bits per heavy atom. The number of nitrogens with one attached hydrogen (secondary N) is 1. The molecule has 0 bridgehead atoms. The molecular formula is C15H12ClNOS2. The highest BCUT2D eigenvalue weighted by molar-refractivity contribution is 7.21. The highest BCUT2D eigenvalue weighted by Crippen LogP contribution is 2.35. The molecule has 0 aliphatic heterocycles. The number of amides is 1. The van der Waals surface area contributed by atoms with Crippen LogP contribution in [0.5, 0.6) is 0 Å². The molecule has 0 spiro atoms. The van der Waals surface area contributed by atoms with Gasteiger partial charge in [-0.15, -0.1) is 22.7 Å². The van der Waals surface area contributed by atoms with E-state index in [0.717, 1.165) is 15.0 Å². The van der Waals surface area contributed by atoms with Crippen molar-refractivity contribution in [3.8, 4) is 0 Å². The summed E-state index contributed by atoms with van der Waals surface area (Å²) >= 11 is 9.38. The summed E-state index contributed by atoms with van der Waals surface area (Å²) in [5.74, 6) is -0.114. The summed E-state index contributed by atoms with van der Waals surface area (Å²) < 4.78 is 1.03. The zero-order valence-electron chi connectivity index (χ0n) is 10.7. The van der Waals surface area contributed by atoms with Crippen LogP contribution in [0.3, 0.4) is 0 Å². The molecule has 2 heterocycles. The third-order valence-corrected chi connectivity index (χ3v) is 5.79. The lowest BCUT2D eigenvalue weighted by molar-refractivity contribution is 0.0945. The second-order valence-electron chi connectivity index (χ2n) is 4.45. The first-order chi connectivity index (χ1) is 9.66. The van der Waals surface area contributed by atoms with Gasteiger partial charge in [0, 0.05) is 15.0 Å². The maximum Gasteiger partial charge on any atom is 0.263 e. The maximum atomic E-state index is 12.4. The second-order valence-corrected chi connectivity index (χ2v) is 6.86. The minimum atomic E-state index is -0.114. The summed E-state index contributed by atoms with van der Waals surface area (Å²) in [5, 5.41) is 6.48. The number of rotatable bonds is 3. The minimum absolute atomic E-state index is 0.0104. The van der Waals surface area contributed by atoms with Gasteiger partial charge in [-0.1, -0.05) is 35.9 Å². The number of hydrogen-bond acceptors (Lipinski definition) is 3. The zero-order valence-corrected chi connectivity index (χ0v) is 13.1. The van der Waals surface area contributed by atoms with E-state index in [1.807, 2.05) is 48.7 Å². The molecule has 0 saturated carbocycles. The maximum absolute atomic E-state index is 12.4. The lowest BCUT2D eigenvalue weighted by Gasteiger charge is -2.11. The molecule has 0 saturated heterocycles. The van der Waals surface area contributed by atoms with Crippen LogP contribution in [0.1, 0.15) is 27.5 Å². The molecular weight excluding hydrogens is 310 g/mol. The van der Waals surface area contributed by atoms with E-state index in [1.54, 1.807) is 11.3 Å². The van der Waals surface area contributed by atoms with Crippen molar-refractivity contribution < 1.29 is 4.79 Å². The van der Waals surface area contributed by atoms with Crippen LogP contribution in [-0.4, -0.2) is 5.91 Å². The van der Waals surface area contributed by atoms with E-state index in [9.17, 15) is 4.79 Å². The Morgan fingerprint density at radius 2 is 2.05 bits per heavy atom. The van der Waals surface area contributed by atoms with E-state index in [1.165, 1.54) is 11.3 Å². The van der Waals surface area contributed by atoms with Crippen molar-refractivity contribution in [3.05, 3.63) is 56.6 Å². The van der Waals surface area contributed by atoms with Gasteiger partial charge < -0.3 is 5.32 Å². The van der Waals surface area contributed by atoms with E-state index in [-0.39, 0.29) is 11.9 Å². The van der Waals surface area contributed by atoms with E-state index in [0.29, 0.717) is 9.90 Å². The molecule has 0 radical (unpaired) electrons. The smallest absolute Gasteiger partial charge is 0.263 e. The Kier molecular flexibility index (Phi) is 3.78. The number of fused-ring (bicyclic) bond motifs is 1. The van der Waals surface area contributed by atoms with Crippen molar-refractivity contribution >= 4 is 50.3 Å². The van der Waals surface area contributed by atoms with Gasteiger partial charge in [0.25, 0.3) is 5.91 Å². The van der Waals surface area contributed by atoms with E-state index >= 15 is 0 Å². The molecule has 102 valence electrons. The van der Waals surface area contributed by atoms with E-state index in [2.05, 4.69) is 5.32 Å². The lowest BCUT2D eigenvalue weighted by Crippen LogP contribution is -2.25. The van der Waals surface area contributed by atoms with Gasteiger partial charge >= 0.3 is 0 Å². The van der Waals surface area contributed by atoms with Crippen LogP contribution in [0.2, 0.25) is 5.02 Å². The Bertz CT molecular complexity index is 748. The van der Waals surface area contributed by atoms with Gasteiger partial charge in [-0.3, -0.25) is 4.79 Å². The molecule has 0 aliphatic carbocycles. The second kappa shape index (κ2) is 5.56. The Hall–Kier alpha value is -1.36. The first kappa shape index (κ1) is 13.6. The van der Waals surface area contributed by atoms with Crippen molar-refractivity contribution in [2.45, 2.75) is 13.0 Å². The number of carbonyl (C=O) groups excluding carboxylic acids is 1. The third-order valence-electron chi connectivity index (χ3n) is 3.06. The first-order valence-corrected chi connectivity index (χ1v) is 8.25. The Morgan fingerprint density at radius 3 is 2.75 bits per heavy atom. The van der Waals surface area contributed by atoms with Gasteiger partial charge in [-0.25, -0.2) is 0 Å². The Balaban J connectivity index is 1.87. The quantitative estimate of drug-likeness (QED) is 0.713. The third kappa shape index (κ3) is 2.46. The molecule has 20 heavy (non-hydrogen) atoms. The highest BCUT2D eigenvalue weighted by atomic mass is 35.5. The van der Waals surface area contributed by atoms with Gasteiger partial charge in [-0.2, -0.15) is 0 Å². The number of carbonyl (C=O) groups is 1. The molecule has 1 atom stereocenters. The highest BCUT2D eigenvalue weighted by Gasteiger charge is 2.19. The summed E-state index contributed by atoms with van der Waals surface area (Å²) in [6.07, 6.45) is 0. The summed E-state index contributed by atoms with van der Waals surface area (Å²) in [4.78, 5) is 14.1. The molecule has 0 aliphatic rings. The van der Waals surface area contributed by atoms with Crippen molar-refractivity contribution in [1.29, 1.82) is 0 Å². The largest absolute Gasteiger partial charge is 0.344 e. The van der Waals surface area contributed by atoms with E-state index in [4.69, 9.17) is 11.6 Å². The number of thiophene rings is 2. The van der Waals surface area contributed by atoms with Crippen LogP contribution in [0.25, 0.3) is 10.1 Å².